The van der Waals surface area contributed by atoms with Gasteiger partial charge in [-0.15, -0.1) is 0 Å². The van der Waals surface area contributed by atoms with Crippen LogP contribution in [0, 0.1) is 10.8 Å². The summed E-state index contributed by atoms with van der Waals surface area (Å²) in [4.78, 5) is 19.4. The highest BCUT2D eigenvalue weighted by Crippen LogP contribution is 2.52. The number of fused-ring (bicyclic) bond motifs is 3. The summed E-state index contributed by atoms with van der Waals surface area (Å²) in [7, 11) is 0. The summed E-state index contributed by atoms with van der Waals surface area (Å²) in [6, 6.07) is 6.11. The van der Waals surface area contributed by atoms with Crippen molar-refractivity contribution in [2.45, 2.75) is 46.1 Å². The second-order valence-electron chi connectivity index (χ2n) is 8.38. The number of nitrogen functional groups attached to an aromatic ring is 1. The fourth-order valence-corrected chi connectivity index (χ4v) is 5.71. The first-order valence-corrected chi connectivity index (χ1v) is 9.04. The highest BCUT2D eigenvalue weighted by atomic mass is 32.1. The van der Waals surface area contributed by atoms with Crippen LogP contribution in [0.3, 0.4) is 0 Å². The Hall–Kier alpha value is -1.62. The van der Waals surface area contributed by atoms with E-state index < -0.39 is 0 Å². The van der Waals surface area contributed by atoms with E-state index in [4.69, 9.17) is 5.73 Å². The highest BCUT2D eigenvalue weighted by molar-refractivity contribution is 7.22. The Morgan fingerprint density at radius 1 is 1.35 bits per heavy atom. The van der Waals surface area contributed by atoms with E-state index in [1.165, 1.54) is 17.8 Å². The van der Waals surface area contributed by atoms with Gasteiger partial charge in [0.1, 0.15) is 0 Å². The molecule has 0 spiro atoms. The molecule has 5 heteroatoms. The van der Waals surface area contributed by atoms with Crippen LogP contribution in [0.2, 0.25) is 0 Å². The Bertz CT molecular complexity index is 797. The molecule has 1 saturated heterocycles. The van der Waals surface area contributed by atoms with Gasteiger partial charge in [0, 0.05) is 18.2 Å². The maximum Gasteiger partial charge on any atom is 0.254 e. The zero-order valence-corrected chi connectivity index (χ0v) is 14.7. The van der Waals surface area contributed by atoms with Gasteiger partial charge in [-0.25, -0.2) is 4.98 Å². The molecule has 23 heavy (non-hydrogen) atoms. The lowest BCUT2D eigenvalue weighted by Gasteiger charge is -2.39. The number of carbonyl (C=O) groups excluding carboxylic acids is 1. The Morgan fingerprint density at radius 2 is 2.13 bits per heavy atom. The molecule has 122 valence electrons. The third-order valence-electron chi connectivity index (χ3n) is 5.33. The normalized spacial score (nSPS) is 29.2. The Balaban J connectivity index is 1.66. The summed E-state index contributed by atoms with van der Waals surface area (Å²) in [5.41, 5.74) is 7.99. The van der Waals surface area contributed by atoms with Crippen LogP contribution in [0.4, 0.5) is 5.13 Å². The highest BCUT2D eigenvalue weighted by Gasteiger charge is 2.51. The number of rotatable bonds is 1. The maximum atomic E-state index is 13.1. The van der Waals surface area contributed by atoms with E-state index in [2.05, 4.69) is 30.7 Å². The van der Waals surface area contributed by atoms with Crippen molar-refractivity contribution in [3.63, 3.8) is 0 Å². The van der Waals surface area contributed by atoms with Crippen molar-refractivity contribution in [3.05, 3.63) is 23.8 Å². The van der Waals surface area contributed by atoms with Crippen molar-refractivity contribution in [3.8, 4) is 0 Å². The lowest BCUT2D eigenvalue weighted by atomic mass is 9.65. The number of carbonyl (C=O) groups is 1. The largest absolute Gasteiger partial charge is 0.375 e. The summed E-state index contributed by atoms with van der Waals surface area (Å²) in [6.07, 6.45) is 3.44. The van der Waals surface area contributed by atoms with E-state index in [1.807, 2.05) is 18.2 Å². The summed E-state index contributed by atoms with van der Waals surface area (Å²) >= 11 is 1.44. The molecule has 1 aromatic carbocycles. The van der Waals surface area contributed by atoms with Crippen LogP contribution >= 0.6 is 11.3 Å². The standard InChI is InChI=1S/C18H23N3OS/c1-17(2)7-12-8-18(3,9-17)10-21(12)15(22)11-4-5-13-14(6-11)23-16(19)20-13/h4-6,12H,7-10H2,1-3H3,(H2,19,20). The molecule has 2 aromatic rings. The van der Waals surface area contributed by atoms with E-state index in [1.54, 1.807) is 0 Å². The summed E-state index contributed by atoms with van der Waals surface area (Å²) < 4.78 is 0.988. The van der Waals surface area contributed by atoms with Crippen LogP contribution in [-0.4, -0.2) is 28.4 Å². The molecular formula is C18H23N3OS. The van der Waals surface area contributed by atoms with Gasteiger partial charge in [0.25, 0.3) is 5.91 Å². The van der Waals surface area contributed by atoms with Gasteiger partial charge in [-0.1, -0.05) is 32.1 Å². The van der Waals surface area contributed by atoms with Crippen molar-refractivity contribution >= 4 is 32.6 Å². The SMILES string of the molecule is CC1(C)CC2CC(C)(CN2C(=O)c2ccc3nc(N)sc3c2)C1. The number of hydrogen-bond acceptors (Lipinski definition) is 4. The van der Waals surface area contributed by atoms with Crippen LogP contribution in [0.15, 0.2) is 18.2 Å². The number of likely N-dealkylation sites (tertiary alicyclic amines) is 1. The molecule has 2 fully saturated rings. The molecule has 2 heterocycles. The summed E-state index contributed by atoms with van der Waals surface area (Å²) in [5.74, 6) is 0.158. The van der Waals surface area contributed by atoms with Gasteiger partial charge < -0.3 is 10.6 Å². The van der Waals surface area contributed by atoms with Crippen molar-refractivity contribution in [2.75, 3.05) is 12.3 Å². The summed E-state index contributed by atoms with van der Waals surface area (Å²) in [5, 5.41) is 0.552. The number of amides is 1. The predicted molar refractivity (Wildman–Crippen MR) is 94.6 cm³/mol. The third-order valence-corrected chi connectivity index (χ3v) is 6.17. The number of anilines is 1. The molecule has 1 aliphatic heterocycles. The number of nitrogens with zero attached hydrogens (tertiary/aromatic N) is 2. The van der Waals surface area contributed by atoms with Crippen molar-refractivity contribution in [1.82, 2.24) is 9.88 Å². The molecule has 2 N–H and O–H groups in total. The minimum absolute atomic E-state index is 0.158. The van der Waals surface area contributed by atoms with Gasteiger partial charge in [-0.3, -0.25) is 4.79 Å². The van der Waals surface area contributed by atoms with Crippen molar-refractivity contribution in [2.24, 2.45) is 10.8 Å². The van der Waals surface area contributed by atoms with E-state index in [9.17, 15) is 4.79 Å². The van der Waals surface area contributed by atoms with Crippen LogP contribution in [0.5, 0.6) is 0 Å². The smallest absolute Gasteiger partial charge is 0.254 e. The molecule has 2 atom stereocenters. The Morgan fingerprint density at radius 3 is 2.91 bits per heavy atom. The van der Waals surface area contributed by atoms with Crippen LogP contribution < -0.4 is 5.73 Å². The average Bonchev–Trinajstić information content (AvgIpc) is 2.92. The molecular weight excluding hydrogens is 306 g/mol. The maximum absolute atomic E-state index is 13.1. The fraction of sp³-hybridized carbons (Fsp3) is 0.556. The summed E-state index contributed by atoms with van der Waals surface area (Å²) in [6.45, 7) is 7.87. The van der Waals surface area contributed by atoms with E-state index in [0.717, 1.165) is 35.2 Å². The molecule has 4 rings (SSSR count). The monoisotopic (exact) mass is 329 g/mol. The molecule has 1 aromatic heterocycles. The van der Waals surface area contributed by atoms with E-state index >= 15 is 0 Å². The fourth-order valence-electron chi connectivity index (χ4n) is 4.94. The van der Waals surface area contributed by atoms with Gasteiger partial charge in [0.05, 0.1) is 10.2 Å². The van der Waals surface area contributed by atoms with Gasteiger partial charge in [-0.2, -0.15) is 0 Å². The molecule has 4 nitrogen and oxygen atoms in total. The van der Waals surface area contributed by atoms with Crippen LogP contribution in [-0.2, 0) is 0 Å². The first-order chi connectivity index (χ1) is 10.7. The molecule has 2 bridgehead atoms. The van der Waals surface area contributed by atoms with Crippen molar-refractivity contribution < 1.29 is 4.79 Å². The molecule has 1 saturated carbocycles. The van der Waals surface area contributed by atoms with Crippen LogP contribution in [0.1, 0.15) is 50.4 Å². The number of nitrogens with two attached hydrogens (primary N) is 1. The van der Waals surface area contributed by atoms with E-state index in [-0.39, 0.29) is 11.3 Å². The first-order valence-electron chi connectivity index (χ1n) is 8.22. The van der Waals surface area contributed by atoms with Crippen LogP contribution in [0.25, 0.3) is 10.2 Å². The second-order valence-corrected chi connectivity index (χ2v) is 9.44. The zero-order chi connectivity index (χ0) is 16.4. The Labute approximate surface area is 140 Å². The van der Waals surface area contributed by atoms with Gasteiger partial charge in [-0.05, 0) is 48.3 Å². The number of thiazole rings is 1. The molecule has 2 unspecified atom stereocenters. The molecule has 1 aliphatic carbocycles. The average molecular weight is 329 g/mol. The predicted octanol–water partition coefficient (Wildman–Crippen LogP) is 3.92. The third kappa shape index (κ3) is 2.51. The molecule has 1 amide bonds. The second kappa shape index (κ2) is 4.69. The molecule has 2 aliphatic rings. The van der Waals surface area contributed by atoms with Crippen molar-refractivity contribution in [1.29, 1.82) is 0 Å². The molecule has 0 radical (unpaired) electrons. The van der Waals surface area contributed by atoms with Gasteiger partial charge in [0.15, 0.2) is 5.13 Å². The van der Waals surface area contributed by atoms with Gasteiger partial charge >= 0.3 is 0 Å². The van der Waals surface area contributed by atoms with E-state index in [0.29, 0.717) is 16.6 Å². The lowest BCUT2D eigenvalue weighted by Crippen LogP contribution is -2.37. The minimum atomic E-state index is 0.158. The minimum Gasteiger partial charge on any atom is -0.375 e. The van der Waals surface area contributed by atoms with Gasteiger partial charge in [0.2, 0.25) is 0 Å². The Kier molecular flexibility index (Phi) is 3.05. The topological polar surface area (TPSA) is 59.2 Å². The lowest BCUT2D eigenvalue weighted by molar-refractivity contribution is 0.0708. The zero-order valence-electron chi connectivity index (χ0n) is 13.9. The number of benzene rings is 1. The number of aromatic nitrogens is 1. The number of hydrogen-bond donors (Lipinski definition) is 1. The quantitative estimate of drug-likeness (QED) is 0.862. The first kappa shape index (κ1) is 14.9.